The van der Waals surface area contributed by atoms with E-state index in [4.69, 9.17) is 9.47 Å². The van der Waals surface area contributed by atoms with E-state index in [1.807, 2.05) is 7.05 Å². The Morgan fingerprint density at radius 2 is 1.21 bits per heavy atom. The lowest BCUT2D eigenvalue weighted by Crippen LogP contribution is -2.49. The van der Waals surface area contributed by atoms with Gasteiger partial charge in [0.15, 0.2) is 5.79 Å². The normalized spacial score (nSPS) is 14.8. The van der Waals surface area contributed by atoms with Crippen LogP contribution in [0.15, 0.2) is 0 Å². The summed E-state index contributed by atoms with van der Waals surface area (Å²) in [6, 6.07) is 0. The summed E-state index contributed by atoms with van der Waals surface area (Å²) in [7, 11) is 2.03. The van der Waals surface area contributed by atoms with Gasteiger partial charge in [0.2, 0.25) is 0 Å². The molecule has 24 heavy (non-hydrogen) atoms. The SMILES string of the molecule is CCCCCCCCC(C)(CCCCNC)C(C)(OCC)OCC. The molecule has 3 nitrogen and oxygen atoms in total. The Balaban J connectivity index is 4.71. The van der Waals surface area contributed by atoms with Crippen molar-refractivity contribution in [2.75, 3.05) is 26.8 Å². The van der Waals surface area contributed by atoms with E-state index < -0.39 is 5.79 Å². The first-order chi connectivity index (χ1) is 11.5. The quantitative estimate of drug-likeness (QED) is 0.262. The largest absolute Gasteiger partial charge is 0.350 e. The lowest BCUT2D eigenvalue weighted by molar-refractivity contribution is -0.286. The molecule has 0 radical (unpaired) electrons. The van der Waals surface area contributed by atoms with Gasteiger partial charge in [-0.3, -0.25) is 0 Å². The molecule has 0 bridgehead atoms. The summed E-state index contributed by atoms with van der Waals surface area (Å²) in [6.07, 6.45) is 12.8. The molecule has 1 unspecified atom stereocenters. The van der Waals surface area contributed by atoms with E-state index in [0.29, 0.717) is 13.2 Å². The van der Waals surface area contributed by atoms with Gasteiger partial charge in [0.1, 0.15) is 0 Å². The topological polar surface area (TPSA) is 30.5 Å². The van der Waals surface area contributed by atoms with Crippen LogP contribution in [0.4, 0.5) is 0 Å². The molecule has 3 heteroatoms. The van der Waals surface area contributed by atoms with Crippen molar-refractivity contribution in [3.05, 3.63) is 0 Å². The van der Waals surface area contributed by atoms with E-state index in [1.54, 1.807) is 0 Å². The fourth-order valence-electron chi connectivity index (χ4n) is 3.63. The highest BCUT2D eigenvalue weighted by Gasteiger charge is 2.45. The smallest absolute Gasteiger partial charge is 0.170 e. The number of nitrogens with one attached hydrogen (secondary N) is 1. The van der Waals surface area contributed by atoms with Crippen molar-refractivity contribution in [1.29, 1.82) is 0 Å². The van der Waals surface area contributed by atoms with Crippen LogP contribution in [0.1, 0.15) is 98.8 Å². The highest BCUT2D eigenvalue weighted by atomic mass is 16.7. The summed E-state index contributed by atoms with van der Waals surface area (Å²) in [5.41, 5.74) is 0.0809. The second kappa shape index (κ2) is 14.1. The van der Waals surface area contributed by atoms with Crippen LogP contribution in [0.5, 0.6) is 0 Å². The van der Waals surface area contributed by atoms with E-state index in [0.717, 1.165) is 6.54 Å². The zero-order valence-electron chi connectivity index (χ0n) is 17.5. The summed E-state index contributed by atoms with van der Waals surface area (Å²) < 4.78 is 12.3. The summed E-state index contributed by atoms with van der Waals surface area (Å²) in [5.74, 6) is -0.473. The summed E-state index contributed by atoms with van der Waals surface area (Å²) >= 11 is 0. The molecule has 0 aliphatic rings. The van der Waals surface area contributed by atoms with E-state index >= 15 is 0 Å². The Hall–Kier alpha value is -0.120. The van der Waals surface area contributed by atoms with Crippen molar-refractivity contribution in [2.24, 2.45) is 5.41 Å². The molecule has 146 valence electrons. The second-order valence-electron chi connectivity index (χ2n) is 7.45. The Morgan fingerprint density at radius 1 is 0.708 bits per heavy atom. The predicted octanol–water partition coefficient (Wildman–Crippen LogP) is 5.92. The minimum Gasteiger partial charge on any atom is -0.350 e. The van der Waals surface area contributed by atoms with E-state index in [-0.39, 0.29) is 5.41 Å². The number of ether oxygens (including phenoxy) is 2. The van der Waals surface area contributed by atoms with Gasteiger partial charge < -0.3 is 14.8 Å². The van der Waals surface area contributed by atoms with Gasteiger partial charge >= 0.3 is 0 Å². The van der Waals surface area contributed by atoms with Gasteiger partial charge in [0.25, 0.3) is 0 Å². The zero-order chi connectivity index (χ0) is 18.3. The molecule has 1 N–H and O–H groups in total. The van der Waals surface area contributed by atoms with Gasteiger partial charge in [0, 0.05) is 18.6 Å². The molecule has 0 aliphatic carbocycles. The minimum atomic E-state index is -0.473. The van der Waals surface area contributed by atoms with Crippen LogP contribution in [-0.2, 0) is 9.47 Å². The van der Waals surface area contributed by atoms with Crippen LogP contribution < -0.4 is 5.32 Å². The van der Waals surface area contributed by atoms with Crippen molar-refractivity contribution < 1.29 is 9.47 Å². The number of unbranched alkanes of at least 4 members (excludes halogenated alkanes) is 6. The Kier molecular flexibility index (Phi) is 14.0. The molecular weight excluding hydrogens is 298 g/mol. The van der Waals surface area contributed by atoms with Crippen LogP contribution in [0.3, 0.4) is 0 Å². The van der Waals surface area contributed by atoms with Crippen LogP contribution in [-0.4, -0.2) is 32.6 Å². The highest BCUT2D eigenvalue weighted by molar-refractivity contribution is 4.88. The molecule has 0 aromatic carbocycles. The summed E-state index contributed by atoms with van der Waals surface area (Å²) in [6.45, 7) is 13.5. The molecule has 0 heterocycles. The maximum Gasteiger partial charge on any atom is 0.170 e. The maximum atomic E-state index is 6.15. The number of rotatable bonds is 17. The Morgan fingerprint density at radius 3 is 1.71 bits per heavy atom. The third-order valence-corrected chi connectivity index (χ3v) is 5.42. The van der Waals surface area contributed by atoms with Gasteiger partial charge in [-0.15, -0.1) is 0 Å². The number of hydrogen-bond acceptors (Lipinski definition) is 3. The summed E-state index contributed by atoms with van der Waals surface area (Å²) in [4.78, 5) is 0. The standard InChI is InChI=1S/C21H45NO2/c1-7-10-11-12-13-14-17-20(4,18-15-16-19-22-6)21(5,23-8-2)24-9-3/h22H,7-19H2,1-6H3. The van der Waals surface area contributed by atoms with E-state index in [2.05, 4.69) is 39.9 Å². The molecule has 0 amide bonds. The monoisotopic (exact) mass is 343 g/mol. The maximum absolute atomic E-state index is 6.15. The van der Waals surface area contributed by atoms with Crippen molar-refractivity contribution >= 4 is 0 Å². The van der Waals surface area contributed by atoms with Gasteiger partial charge in [-0.1, -0.05) is 58.8 Å². The predicted molar refractivity (Wildman–Crippen MR) is 106 cm³/mol. The molecule has 0 saturated heterocycles. The lowest BCUT2D eigenvalue weighted by atomic mass is 9.73. The van der Waals surface area contributed by atoms with Crippen molar-refractivity contribution in [1.82, 2.24) is 5.32 Å². The summed E-state index contributed by atoms with van der Waals surface area (Å²) in [5, 5.41) is 3.25. The Labute approximate surface area is 152 Å². The van der Waals surface area contributed by atoms with Crippen molar-refractivity contribution in [3.63, 3.8) is 0 Å². The molecule has 0 aliphatic heterocycles. The molecule has 0 rings (SSSR count). The van der Waals surface area contributed by atoms with Gasteiger partial charge in [0.05, 0.1) is 0 Å². The molecule has 0 spiro atoms. The fourth-order valence-corrected chi connectivity index (χ4v) is 3.63. The third kappa shape index (κ3) is 8.82. The molecule has 0 fully saturated rings. The average Bonchev–Trinajstić information content (AvgIpc) is 2.55. The second-order valence-corrected chi connectivity index (χ2v) is 7.45. The van der Waals surface area contributed by atoms with E-state index in [9.17, 15) is 0 Å². The molecular formula is C21H45NO2. The van der Waals surface area contributed by atoms with Crippen LogP contribution in [0, 0.1) is 5.41 Å². The molecule has 1 atom stereocenters. The first-order valence-corrected chi connectivity index (χ1v) is 10.4. The fraction of sp³-hybridized carbons (Fsp3) is 1.00. The van der Waals surface area contributed by atoms with Crippen molar-refractivity contribution in [2.45, 2.75) is 105 Å². The first-order valence-electron chi connectivity index (χ1n) is 10.4. The highest BCUT2D eigenvalue weighted by Crippen LogP contribution is 2.44. The van der Waals surface area contributed by atoms with Gasteiger partial charge in [-0.25, -0.2) is 0 Å². The Bertz CT molecular complexity index is 277. The molecule has 0 aromatic heterocycles. The average molecular weight is 344 g/mol. The van der Waals surface area contributed by atoms with Crippen LogP contribution >= 0.6 is 0 Å². The molecule has 0 saturated carbocycles. The number of hydrogen-bond donors (Lipinski definition) is 1. The molecule has 0 aromatic rings. The minimum absolute atomic E-state index is 0.0809. The van der Waals surface area contributed by atoms with Crippen LogP contribution in [0.25, 0.3) is 0 Å². The third-order valence-electron chi connectivity index (χ3n) is 5.42. The zero-order valence-corrected chi connectivity index (χ0v) is 17.5. The van der Waals surface area contributed by atoms with Gasteiger partial charge in [-0.2, -0.15) is 0 Å². The van der Waals surface area contributed by atoms with Crippen molar-refractivity contribution in [3.8, 4) is 0 Å². The lowest BCUT2D eigenvalue weighted by Gasteiger charge is -2.46. The van der Waals surface area contributed by atoms with E-state index in [1.165, 1.54) is 64.2 Å². The first kappa shape index (κ1) is 23.9. The van der Waals surface area contributed by atoms with Crippen LogP contribution in [0.2, 0.25) is 0 Å². The van der Waals surface area contributed by atoms with Gasteiger partial charge in [-0.05, 0) is 53.6 Å².